The van der Waals surface area contributed by atoms with Gasteiger partial charge in [-0.1, -0.05) is 25.4 Å². The first-order chi connectivity index (χ1) is 12.1. The lowest BCUT2D eigenvalue weighted by molar-refractivity contribution is 0.297. The van der Waals surface area contributed by atoms with Gasteiger partial charge >= 0.3 is 0 Å². The number of nitrogens with zero attached hydrogens (tertiary/aromatic N) is 4. The van der Waals surface area contributed by atoms with Crippen LogP contribution in [0.5, 0.6) is 0 Å². The third-order valence-corrected chi connectivity index (χ3v) is 5.10. The lowest BCUT2D eigenvalue weighted by Gasteiger charge is -2.36. The van der Waals surface area contributed by atoms with Crippen molar-refractivity contribution in [2.24, 2.45) is 10.7 Å². The Kier molecular flexibility index (Phi) is 8.35. The number of halogens is 1. The van der Waals surface area contributed by atoms with Gasteiger partial charge in [0.05, 0.1) is 0 Å². The number of rotatable bonds is 8. The van der Waals surface area contributed by atoms with Gasteiger partial charge in [-0.2, -0.15) is 0 Å². The van der Waals surface area contributed by atoms with E-state index in [-0.39, 0.29) is 0 Å². The van der Waals surface area contributed by atoms with E-state index < -0.39 is 0 Å². The molecule has 140 valence electrons. The summed E-state index contributed by atoms with van der Waals surface area (Å²) in [5.74, 6) is 0.693. The second-order valence-corrected chi connectivity index (χ2v) is 6.86. The minimum atomic E-state index is 0.693. The highest BCUT2D eigenvalue weighted by Crippen LogP contribution is 2.19. The Morgan fingerprint density at radius 2 is 1.72 bits per heavy atom. The first kappa shape index (κ1) is 19.9. The zero-order chi connectivity index (χ0) is 18.1. The Morgan fingerprint density at radius 3 is 2.32 bits per heavy atom. The molecule has 2 N–H and O–H groups in total. The van der Waals surface area contributed by atoms with Crippen LogP contribution in [0, 0.1) is 0 Å². The Labute approximate surface area is 157 Å². The minimum Gasteiger partial charge on any atom is -0.370 e. The summed E-state index contributed by atoms with van der Waals surface area (Å²) in [6.45, 7) is 12.4. The van der Waals surface area contributed by atoms with Gasteiger partial charge in [0.25, 0.3) is 0 Å². The summed E-state index contributed by atoms with van der Waals surface area (Å²) in [6, 6.07) is 8.03. The molecule has 0 aromatic heterocycles. The summed E-state index contributed by atoms with van der Waals surface area (Å²) < 4.78 is 0. The van der Waals surface area contributed by atoms with Crippen LogP contribution >= 0.6 is 11.6 Å². The molecule has 0 saturated carbocycles. The fourth-order valence-electron chi connectivity index (χ4n) is 3.13. The van der Waals surface area contributed by atoms with Gasteiger partial charge in [0.1, 0.15) is 0 Å². The molecular weight excluding hydrogens is 334 g/mol. The lowest BCUT2D eigenvalue weighted by atomic mass is 10.2. The quantitative estimate of drug-likeness (QED) is 0.437. The van der Waals surface area contributed by atoms with Gasteiger partial charge in [-0.15, -0.1) is 0 Å². The van der Waals surface area contributed by atoms with Gasteiger partial charge in [-0.25, -0.2) is 0 Å². The zero-order valence-electron chi connectivity index (χ0n) is 15.6. The fourth-order valence-corrected chi connectivity index (χ4v) is 3.25. The molecule has 0 unspecified atom stereocenters. The Hall–Kier alpha value is -1.46. The molecule has 0 bridgehead atoms. The largest absolute Gasteiger partial charge is 0.370 e. The molecule has 0 amide bonds. The molecule has 6 heteroatoms. The van der Waals surface area contributed by atoms with Crippen molar-refractivity contribution in [2.75, 3.05) is 57.3 Å². The number of piperazine rings is 1. The Morgan fingerprint density at radius 1 is 1.08 bits per heavy atom. The zero-order valence-corrected chi connectivity index (χ0v) is 16.4. The summed E-state index contributed by atoms with van der Waals surface area (Å²) in [4.78, 5) is 11.6. The average molecular weight is 366 g/mol. The molecule has 0 radical (unpaired) electrons. The summed E-state index contributed by atoms with van der Waals surface area (Å²) in [5, 5.41) is 0.778. The predicted octanol–water partition coefficient (Wildman–Crippen LogP) is 2.90. The molecule has 1 aromatic rings. The number of hydrogen-bond donors (Lipinski definition) is 1. The summed E-state index contributed by atoms with van der Waals surface area (Å²) >= 11 is 5.96. The van der Waals surface area contributed by atoms with Crippen LogP contribution in [0.15, 0.2) is 29.3 Å². The predicted molar refractivity (Wildman–Crippen MR) is 109 cm³/mol. The Bertz CT molecular complexity index is 519. The molecule has 1 heterocycles. The molecule has 2 rings (SSSR count). The highest BCUT2D eigenvalue weighted by atomic mass is 35.5. The summed E-state index contributed by atoms with van der Waals surface area (Å²) in [5.41, 5.74) is 7.39. The van der Waals surface area contributed by atoms with Crippen LogP contribution < -0.4 is 10.6 Å². The first-order valence-corrected chi connectivity index (χ1v) is 9.79. The van der Waals surface area contributed by atoms with E-state index in [4.69, 9.17) is 17.3 Å². The number of anilines is 1. The van der Waals surface area contributed by atoms with Crippen LogP contribution in [0.3, 0.4) is 0 Å². The van der Waals surface area contributed by atoms with Crippen LogP contribution in [-0.4, -0.2) is 68.1 Å². The highest BCUT2D eigenvalue weighted by Gasteiger charge is 2.18. The van der Waals surface area contributed by atoms with E-state index in [2.05, 4.69) is 45.7 Å². The van der Waals surface area contributed by atoms with Crippen molar-refractivity contribution >= 4 is 23.2 Å². The molecular formula is C19H32ClN5. The fraction of sp³-hybridized carbons (Fsp3) is 0.632. The van der Waals surface area contributed by atoms with Crippen LogP contribution in [0.25, 0.3) is 0 Å². The van der Waals surface area contributed by atoms with Crippen LogP contribution in [0.2, 0.25) is 5.02 Å². The Balaban J connectivity index is 1.69. The molecule has 1 aromatic carbocycles. The molecule has 1 aliphatic heterocycles. The van der Waals surface area contributed by atoms with E-state index >= 15 is 0 Å². The van der Waals surface area contributed by atoms with E-state index in [1.54, 1.807) is 0 Å². The summed E-state index contributed by atoms with van der Waals surface area (Å²) in [6.07, 6.45) is 2.28. The van der Waals surface area contributed by atoms with E-state index in [1.807, 2.05) is 12.1 Å². The van der Waals surface area contributed by atoms with Crippen molar-refractivity contribution in [3.05, 3.63) is 29.3 Å². The first-order valence-electron chi connectivity index (χ1n) is 9.41. The van der Waals surface area contributed by atoms with Gasteiger partial charge in [-0.05, 0) is 56.7 Å². The number of benzene rings is 1. The van der Waals surface area contributed by atoms with E-state index in [0.717, 1.165) is 63.8 Å². The lowest BCUT2D eigenvalue weighted by Crippen LogP contribution is -2.51. The number of guanidine groups is 1. The van der Waals surface area contributed by atoms with Gasteiger partial charge in [0.15, 0.2) is 5.96 Å². The third kappa shape index (κ3) is 6.40. The van der Waals surface area contributed by atoms with Crippen molar-refractivity contribution in [1.29, 1.82) is 0 Å². The SMILES string of the molecule is CCN(CC)CCCCN=C(N)N1CCN(c2ccc(Cl)cc2)CC1. The number of unbranched alkanes of at least 4 members (excludes halogenated alkanes) is 1. The maximum Gasteiger partial charge on any atom is 0.191 e. The smallest absolute Gasteiger partial charge is 0.191 e. The maximum absolute atomic E-state index is 6.18. The normalized spacial score (nSPS) is 15.9. The second-order valence-electron chi connectivity index (χ2n) is 6.42. The van der Waals surface area contributed by atoms with Gasteiger partial charge in [0.2, 0.25) is 0 Å². The van der Waals surface area contributed by atoms with Gasteiger partial charge < -0.3 is 20.4 Å². The average Bonchev–Trinajstić information content (AvgIpc) is 2.65. The molecule has 0 aliphatic carbocycles. The maximum atomic E-state index is 6.18. The second kappa shape index (κ2) is 10.5. The van der Waals surface area contributed by atoms with Crippen molar-refractivity contribution in [3.8, 4) is 0 Å². The van der Waals surface area contributed by atoms with Crippen LogP contribution in [0.4, 0.5) is 5.69 Å². The van der Waals surface area contributed by atoms with Crippen molar-refractivity contribution < 1.29 is 0 Å². The van der Waals surface area contributed by atoms with Crippen molar-refractivity contribution in [1.82, 2.24) is 9.80 Å². The molecule has 5 nitrogen and oxygen atoms in total. The molecule has 0 atom stereocenters. The van der Waals surface area contributed by atoms with Crippen molar-refractivity contribution in [3.63, 3.8) is 0 Å². The monoisotopic (exact) mass is 365 g/mol. The van der Waals surface area contributed by atoms with Gasteiger partial charge in [-0.3, -0.25) is 4.99 Å². The molecule has 1 aliphatic rings. The minimum absolute atomic E-state index is 0.693. The molecule has 25 heavy (non-hydrogen) atoms. The van der Waals surface area contributed by atoms with E-state index in [0.29, 0.717) is 5.96 Å². The van der Waals surface area contributed by atoms with E-state index in [9.17, 15) is 0 Å². The summed E-state index contributed by atoms with van der Waals surface area (Å²) in [7, 11) is 0. The topological polar surface area (TPSA) is 48.1 Å². The standard InChI is InChI=1S/C19H32ClN5/c1-3-23(4-2)12-6-5-11-22-19(21)25-15-13-24(14-16-25)18-9-7-17(20)8-10-18/h7-10H,3-6,11-16H2,1-2H3,(H2,21,22). The third-order valence-electron chi connectivity index (χ3n) is 4.85. The highest BCUT2D eigenvalue weighted by molar-refractivity contribution is 6.30. The molecule has 0 spiro atoms. The number of aliphatic imine (C=N–C) groups is 1. The van der Waals surface area contributed by atoms with Crippen molar-refractivity contribution in [2.45, 2.75) is 26.7 Å². The van der Waals surface area contributed by atoms with Gasteiger partial charge in [0, 0.05) is 43.4 Å². The number of nitrogens with two attached hydrogens (primary N) is 1. The van der Waals surface area contributed by atoms with Crippen LogP contribution in [-0.2, 0) is 0 Å². The van der Waals surface area contributed by atoms with E-state index in [1.165, 1.54) is 12.1 Å². The number of hydrogen-bond acceptors (Lipinski definition) is 3. The molecule has 1 saturated heterocycles. The molecule has 1 fully saturated rings. The van der Waals surface area contributed by atoms with Crippen LogP contribution in [0.1, 0.15) is 26.7 Å².